The quantitative estimate of drug-likeness (QED) is 0.389. The van der Waals surface area contributed by atoms with E-state index in [0.717, 1.165) is 18.2 Å². The van der Waals surface area contributed by atoms with Gasteiger partial charge >= 0.3 is 6.18 Å². The highest BCUT2D eigenvalue weighted by atomic mass is 35.5. The number of halogens is 6. The number of carbonyl (C=O) groups is 2. The van der Waals surface area contributed by atoms with Gasteiger partial charge in [-0.2, -0.15) is 18.3 Å². The summed E-state index contributed by atoms with van der Waals surface area (Å²) in [6.45, 7) is 1.05. The van der Waals surface area contributed by atoms with Gasteiger partial charge in [0, 0.05) is 10.7 Å². The van der Waals surface area contributed by atoms with Crippen molar-refractivity contribution in [2.45, 2.75) is 19.5 Å². The first-order valence-electron chi connectivity index (χ1n) is 8.52. The zero-order valence-electron chi connectivity index (χ0n) is 15.8. The summed E-state index contributed by atoms with van der Waals surface area (Å²) in [5.74, 6) is -1.04. The predicted octanol–water partition coefficient (Wildman–Crippen LogP) is 5.57. The third-order valence-corrected chi connectivity index (χ3v) is 4.47. The van der Waals surface area contributed by atoms with E-state index in [-0.39, 0.29) is 33.6 Å². The maximum Gasteiger partial charge on any atom is 0.416 e. The summed E-state index contributed by atoms with van der Waals surface area (Å²) in [7, 11) is 0. The Bertz CT molecular complexity index is 1010. The van der Waals surface area contributed by atoms with E-state index in [9.17, 15) is 22.8 Å². The first-order valence-corrected chi connectivity index (χ1v) is 9.65. The standard InChI is InChI=1S/C19H15Cl3F3N3O3/c1-10(27-28-18(30)9-31-16-5-3-12(20)8-14(16)22)6-17(29)26-15-7-11(19(23,24)25)2-4-13(15)21/h2-5,7-8H,6,9H2,1H3,(H,26,29)(H,28,30)/b27-10+. The number of alkyl halides is 3. The lowest BCUT2D eigenvalue weighted by atomic mass is 10.2. The van der Waals surface area contributed by atoms with Crippen molar-refractivity contribution in [1.29, 1.82) is 0 Å². The second-order valence-electron chi connectivity index (χ2n) is 6.16. The summed E-state index contributed by atoms with van der Waals surface area (Å²) in [6.07, 6.45) is -4.87. The van der Waals surface area contributed by atoms with E-state index in [2.05, 4.69) is 15.8 Å². The average molecular weight is 497 g/mol. The molecule has 0 fully saturated rings. The number of hydrogen-bond acceptors (Lipinski definition) is 4. The maximum absolute atomic E-state index is 12.8. The van der Waals surface area contributed by atoms with Gasteiger partial charge in [0.1, 0.15) is 5.75 Å². The van der Waals surface area contributed by atoms with E-state index in [0.29, 0.717) is 5.02 Å². The average Bonchev–Trinajstić information content (AvgIpc) is 2.66. The number of benzene rings is 2. The van der Waals surface area contributed by atoms with E-state index in [1.54, 1.807) is 0 Å². The molecule has 0 heterocycles. The molecule has 2 N–H and O–H groups in total. The summed E-state index contributed by atoms with van der Waals surface area (Å²) in [6, 6.07) is 7.06. The van der Waals surface area contributed by atoms with Gasteiger partial charge < -0.3 is 10.1 Å². The molecule has 0 saturated heterocycles. The molecular formula is C19H15Cl3F3N3O3. The molecule has 0 saturated carbocycles. The van der Waals surface area contributed by atoms with Crippen LogP contribution in [0.2, 0.25) is 15.1 Å². The van der Waals surface area contributed by atoms with Gasteiger partial charge in [-0.3, -0.25) is 9.59 Å². The SMILES string of the molecule is C/C(CC(=O)Nc1cc(C(F)(F)F)ccc1Cl)=N\NC(=O)COc1ccc(Cl)cc1Cl. The van der Waals surface area contributed by atoms with Crippen molar-refractivity contribution in [3.63, 3.8) is 0 Å². The Kier molecular flexibility index (Phi) is 8.55. The van der Waals surface area contributed by atoms with E-state index in [4.69, 9.17) is 39.5 Å². The van der Waals surface area contributed by atoms with Gasteiger partial charge in [0.25, 0.3) is 5.91 Å². The summed E-state index contributed by atoms with van der Waals surface area (Å²) < 4.78 is 43.6. The summed E-state index contributed by atoms with van der Waals surface area (Å²) >= 11 is 17.5. The molecule has 6 nitrogen and oxygen atoms in total. The molecule has 31 heavy (non-hydrogen) atoms. The molecule has 2 aromatic carbocycles. The Labute approximate surface area is 190 Å². The fourth-order valence-electron chi connectivity index (χ4n) is 2.19. The summed E-state index contributed by atoms with van der Waals surface area (Å²) in [5.41, 5.74) is 1.24. The Morgan fingerprint density at radius 2 is 1.74 bits per heavy atom. The Morgan fingerprint density at radius 3 is 2.39 bits per heavy atom. The van der Waals surface area contributed by atoms with Crippen LogP contribution in [0, 0.1) is 0 Å². The Morgan fingerprint density at radius 1 is 1.03 bits per heavy atom. The molecule has 0 aliphatic heterocycles. The number of amides is 2. The fraction of sp³-hybridized carbons (Fsp3) is 0.211. The van der Waals surface area contributed by atoms with Gasteiger partial charge in [-0.15, -0.1) is 0 Å². The second-order valence-corrected chi connectivity index (χ2v) is 7.41. The van der Waals surface area contributed by atoms with Crippen molar-refractivity contribution in [1.82, 2.24) is 5.43 Å². The Hall–Kier alpha value is -2.49. The zero-order valence-corrected chi connectivity index (χ0v) is 18.1. The predicted molar refractivity (Wildman–Crippen MR) is 113 cm³/mol. The molecule has 12 heteroatoms. The van der Waals surface area contributed by atoms with Crippen molar-refractivity contribution >= 4 is 58.0 Å². The molecule has 2 rings (SSSR count). The molecule has 2 aromatic rings. The first-order chi connectivity index (χ1) is 14.5. The minimum absolute atomic E-state index is 0.0535. The molecule has 0 spiro atoms. The van der Waals surface area contributed by atoms with E-state index in [1.165, 1.54) is 25.1 Å². The first kappa shape index (κ1) is 24.8. The number of hydrogen-bond donors (Lipinski definition) is 2. The van der Waals surface area contributed by atoms with Crippen LogP contribution in [0.3, 0.4) is 0 Å². The van der Waals surface area contributed by atoms with Crippen molar-refractivity contribution in [2.24, 2.45) is 5.10 Å². The van der Waals surface area contributed by atoms with Gasteiger partial charge in [0.05, 0.1) is 27.7 Å². The van der Waals surface area contributed by atoms with Gasteiger partial charge in [0.15, 0.2) is 6.61 Å². The van der Waals surface area contributed by atoms with E-state index in [1.807, 2.05) is 0 Å². The largest absolute Gasteiger partial charge is 0.482 e. The molecule has 0 radical (unpaired) electrons. The third-order valence-electron chi connectivity index (χ3n) is 3.61. The number of ether oxygens (including phenoxy) is 1. The lowest BCUT2D eigenvalue weighted by molar-refractivity contribution is -0.137. The van der Waals surface area contributed by atoms with Gasteiger partial charge in [-0.25, -0.2) is 5.43 Å². The lowest BCUT2D eigenvalue weighted by Crippen LogP contribution is -2.26. The normalized spacial score (nSPS) is 11.8. The summed E-state index contributed by atoms with van der Waals surface area (Å²) in [5, 5.41) is 6.61. The monoisotopic (exact) mass is 495 g/mol. The second kappa shape index (κ2) is 10.7. The number of nitrogens with one attached hydrogen (secondary N) is 2. The van der Waals surface area contributed by atoms with Gasteiger partial charge in [-0.05, 0) is 43.3 Å². The lowest BCUT2D eigenvalue weighted by Gasteiger charge is -2.11. The number of rotatable bonds is 7. The highest BCUT2D eigenvalue weighted by molar-refractivity contribution is 6.35. The molecule has 0 bridgehead atoms. The molecule has 0 aliphatic carbocycles. The summed E-state index contributed by atoms with van der Waals surface area (Å²) in [4.78, 5) is 23.9. The molecule has 166 valence electrons. The smallest absolute Gasteiger partial charge is 0.416 e. The van der Waals surface area contributed by atoms with Crippen LogP contribution in [0.1, 0.15) is 18.9 Å². The Balaban J connectivity index is 1.87. The van der Waals surface area contributed by atoms with Crippen molar-refractivity contribution in [3.8, 4) is 5.75 Å². The molecular weight excluding hydrogens is 482 g/mol. The van der Waals surface area contributed by atoms with Crippen LogP contribution in [0.5, 0.6) is 5.75 Å². The van der Waals surface area contributed by atoms with E-state index < -0.39 is 30.2 Å². The molecule has 0 aromatic heterocycles. The van der Waals surface area contributed by atoms with Crippen LogP contribution in [-0.4, -0.2) is 24.1 Å². The minimum Gasteiger partial charge on any atom is -0.482 e. The molecule has 2 amide bonds. The molecule has 0 atom stereocenters. The van der Waals surface area contributed by atoms with Crippen LogP contribution in [0.25, 0.3) is 0 Å². The van der Waals surface area contributed by atoms with E-state index >= 15 is 0 Å². The highest BCUT2D eigenvalue weighted by Crippen LogP contribution is 2.33. The van der Waals surface area contributed by atoms with Gasteiger partial charge in [0.2, 0.25) is 5.91 Å². The van der Waals surface area contributed by atoms with Crippen molar-refractivity contribution in [3.05, 3.63) is 57.0 Å². The van der Waals surface area contributed by atoms with Crippen LogP contribution in [0.4, 0.5) is 18.9 Å². The zero-order chi connectivity index (χ0) is 23.2. The minimum atomic E-state index is -4.58. The topological polar surface area (TPSA) is 79.8 Å². The number of hydrazone groups is 1. The third kappa shape index (κ3) is 7.93. The van der Waals surface area contributed by atoms with Crippen molar-refractivity contribution in [2.75, 3.05) is 11.9 Å². The molecule has 0 unspecified atom stereocenters. The van der Waals surface area contributed by atoms with Crippen LogP contribution >= 0.6 is 34.8 Å². The number of carbonyl (C=O) groups excluding carboxylic acids is 2. The van der Waals surface area contributed by atoms with Crippen LogP contribution in [0.15, 0.2) is 41.5 Å². The van der Waals surface area contributed by atoms with Crippen LogP contribution in [-0.2, 0) is 15.8 Å². The van der Waals surface area contributed by atoms with Crippen LogP contribution < -0.4 is 15.5 Å². The van der Waals surface area contributed by atoms with Crippen molar-refractivity contribution < 1.29 is 27.5 Å². The van der Waals surface area contributed by atoms with Gasteiger partial charge in [-0.1, -0.05) is 34.8 Å². The molecule has 0 aliphatic rings. The number of nitrogens with zero attached hydrogens (tertiary/aromatic N) is 1. The highest BCUT2D eigenvalue weighted by Gasteiger charge is 2.31. The maximum atomic E-state index is 12.8. The number of anilines is 1. The fourth-order valence-corrected chi connectivity index (χ4v) is 2.82.